The van der Waals surface area contributed by atoms with Gasteiger partial charge in [-0.25, -0.2) is 9.37 Å². The van der Waals surface area contributed by atoms with Gasteiger partial charge in [-0.15, -0.1) is 0 Å². The Kier molecular flexibility index (Phi) is 6.28. The van der Waals surface area contributed by atoms with Crippen LogP contribution in [0.15, 0.2) is 48.9 Å². The smallest absolute Gasteiger partial charge is 0.226 e. The molecule has 1 saturated heterocycles. The fraction of sp³-hybridized carbons (Fsp3) is 0.333. The van der Waals surface area contributed by atoms with Crippen molar-refractivity contribution < 1.29 is 13.9 Å². The standard InChI is InChI=1S/C24H25ClFN3O2/c1-16-13-29(15-27-16)22-8-6-17(12-23(22)31-2)10-19-4-3-9-28(24(19)30)14-18-5-7-20(25)21(26)11-18/h5-8,11-13,15,19H,3-4,9-10,14H2,1-2H3. The van der Waals surface area contributed by atoms with Crippen LogP contribution in [0.2, 0.25) is 5.02 Å². The third-order valence-electron chi connectivity index (χ3n) is 5.72. The van der Waals surface area contributed by atoms with E-state index >= 15 is 0 Å². The van der Waals surface area contributed by atoms with E-state index in [1.807, 2.05) is 40.8 Å². The third kappa shape index (κ3) is 4.74. The molecule has 2 heterocycles. The highest BCUT2D eigenvalue weighted by atomic mass is 35.5. The summed E-state index contributed by atoms with van der Waals surface area (Å²) in [6.07, 6.45) is 6.11. The first-order valence-corrected chi connectivity index (χ1v) is 10.7. The van der Waals surface area contributed by atoms with Crippen LogP contribution in [0.4, 0.5) is 4.39 Å². The molecule has 5 nitrogen and oxygen atoms in total. The number of hydrogen-bond acceptors (Lipinski definition) is 3. The number of nitrogens with zero attached hydrogens (tertiary/aromatic N) is 3. The largest absolute Gasteiger partial charge is 0.495 e. The lowest BCUT2D eigenvalue weighted by Gasteiger charge is -2.32. The van der Waals surface area contributed by atoms with Crippen molar-refractivity contribution in [2.75, 3.05) is 13.7 Å². The van der Waals surface area contributed by atoms with E-state index in [0.717, 1.165) is 41.1 Å². The molecule has 31 heavy (non-hydrogen) atoms. The van der Waals surface area contributed by atoms with Crippen LogP contribution in [0.25, 0.3) is 5.69 Å². The SMILES string of the molecule is COc1cc(CC2CCCN(Cc3ccc(Cl)c(F)c3)C2=O)ccc1-n1cnc(C)c1. The second-order valence-electron chi connectivity index (χ2n) is 7.98. The second kappa shape index (κ2) is 9.10. The number of halogens is 2. The van der Waals surface area contributed by atoms with E-state index < -0.39 is 5.82 Å². The molecule has 1 aliphatic rings. The number of aryl methyl sites for hydroxylation is 1. The van der Waals surface area contributed by atoms with Crippen molar-refractivity contribution in [3.8, 4) is 11.4 Å². The maximum absolute atomic E-state index is 13.8. The predicted molar refractivity (Wildman–Crippen MR) is 118 cm³/mol. The first-order valence-electron chi connectivity index (χ1n) is 10.3. The van der Waals surface area contributed by atoms with Gasteiger partial charge in [-0.3, -0.25) is 4.79 Å². The van der Waals surface area contributed by atoms with Gasteiger partial charge >= 0.3 is 0 Å². The molecule has 0 radical (unpaired) electrons. The van der Waals surface area contributed by atoms with Crippen molar-refractivity contribution in [3.05, 3.63) is 76.6 Å². The number of imidazole rings is 1. The van der Waals surface area contributed by atoms with E-state index in [1.165, 1.54) is 12.1 Å². The van der Waals surface area contributed by atoms with E-state index in [4.69, 9.17) is 16.3 Å². The molecule has 3 aromatic rings. The van der Waals surface area contributed by atoms with Crippen LogP contribution < -0.4 is 4.74 Å². The first-order chi connectivity index (χ1) is 14.9. The van der Waals surface area contributed by atoms with E-state index in [0.29, 0.717) is 19.5 Å². The van der Waals surface area contributed by atoms with Crippen molar-refractivity contribution in [1.82, 2.24) is 14.5 Å². The van der Waals surface area contributed by atoms with E-state index in [1.54, 1.807) is 19.5 Å². The Morgan fingerprint density at radius 2 is 2.03 bits per heavy atom. The number of aromatic nitrogens is 2. The van der Waals surface area contributed by atoms with Crippen LogP contribution in [-0.2, 0) is 17.8 Å². The molecule has 1 aromatic heterocycles. The van der Waals surface area contributed by atoms with Gasteiger partial charge in [-0.1, -0.05) is 23.7 Å². The summed E-state index contributed by atoms with van der Waals surface area (Å²) in [6.45, 7) is 3.02. The fourth-order valence-corrected chi connectivity index (χ4v) is 4.24. The molecule has 7 heteroatoms. The summed E-state index contributed by atoms with van der Waals surface area (Å²) in [4.78, 5) is 19.2. The highest BCUT2D eigenvalue weighted by Gasteiger charge is 2.29. The Balaban J connectivity index is 1.48. The number of carbonyl (C=O) groups is 1. The minimum Gasteiger partial charge on any atom is -0.495 e. The molecule has 162 valence electrons. The number of hydrogen-bond donors (Lipinski definition) is 0. The van der Waals surface area contributed by atoms with Crippen LogP contribution in [-0.4, -0.2) is 34.0 Å². The molecule has 0 bridgehead atoms. The summed E-state index contributed by atoms with van der Waals surface area (Å²) in [7, 11) is 1.64. The number of piperidine rings is 1. The van der Waals surface area contributed by atoms with E-state index in [-0.39, 0.29) is 16.8 Å². The van der Waals surface area contributed by atoms with Crippen LogP contribution in [0.3, 0.4) is 0 Å². The fourth-order valence-electron chi connectivity index (χ4n) is 4.12. The summed E-state index contributed by atoms with van der Waals surface area (Å²) in [5.41, 5.74) is 3.64. The quantitative estimate of drug-likeness (QED) is 0.543. The van der Waals surface area contributed by atoms with Gasteiger partial charge in [0, 0.05) is 25.2 Å². The summed E-state index contributed by atoms with van der Waals surface area (Å²) in [5.74, 6) is 0.291. The number of rotatable bonds is 6. The zero-order chi connectivity index (χ0) is 22.0. The zero-order valence-electron chi connectivity index (χ0n) is 17.6. The van der Waals surface area contributed by atoms with Crippen LogP contribution in [0.5, 0.6) is 5.75 Å². The van der Waals surface area contributed by atoms with Gasteiger partial charge in [0.1, 0.15) is 11.6 Å². The van der Waals surface area contributed by atoms with Crippen molar-refractivity contribution >= 4 is 17.5 Å². The molecular formula is C24H25ClFN3O2. The van der Waals surface area contributed by atoms with Gasteiger partial charge in [0.15, 0.2) is 0 Å². The van der Waals surface area contributed by atoms with Gasteiger partial charge in [0.05, 0.1) is 29.8 Å². The number of ether oxygens (including phenoxy) is 1. The maximum atomic E-state index is 13.8. The lowest BCUT2D eigenvalue weighted by atomic mass is 9.90. The average molecular weight is 442 g/mol. The van der Waals surface area contributed by atoms with Crippen molar-refractivity contribution in [1.29, 1.82) is 0 Å². The molecule has 0 spiro atoms. The van der Waals surface area contributed by atoms with Crippen LogP contribution >= 0.6 is 11.6 Å². The highest BCUT2D eigenvalue weighted by molar-refractivity contribution is 6.30. The predicted octanol–water partition coefficient (Wildman–Crippen LogP) is 4.96. The lowest BCUT2D eigenvalue weighted by molar-refractivity contribution is -0.139. The van der Waals surface area contributed by atoms with Crippen molar-refractivity contribution in [3.63, 3.8) is 0 Å². The number of benzene rings is 2. The van der Waals surface area contributed by atoms with Crippen molar-refractivity contribution in [2.45, 2.75) is 32.7 Å². The molecule has 1 fully saturated rings. The first kappa shape index (κ1) is 21.4. The zero-order valence-corrected chi connectivity index (χ0v) is 18.4. The molecule has 1 aliphatic heterocycles. The normalized spacial score (nSPS) is 16.6. The topological polar surface area (TPSA) is 47.4 Å². The molecule has 1 amide bonds. The summed E-state index contributed by atoms with van der Waals surface area (Å²) in [5, 5.41) is 0.0924. The van der Waals surface area contributed by atoms with Crippen LogP contribution in [0, 0.1) is 18.7 Å². The summed E-state index contributed by atoms with van der Waals surface area (Å²) in [6, 6.07) is 10.7. The Morgan fingerprint density at radius 1 is 1.23 bits per heavy atom. The number of amides is 1. The van der Waals surface area contributed by atoms with Crippen LogP contribution in [0.1, 0.15) is 29.7 Å². The van der Waals surface area contributed by atoms with Gasteiger partial charge in [0.25, 0.3) is 0 Å². The maximum Gasteiger partial charge on any atom is 0.226 e. The van der Waals surface area contributed by atoms with Gasteiger partial charge < -0.3 is 14.2 Å². The molecule has 0 saturated carbocycles. The Morgan fingerprint density at radius 3 is 2.74 bits per heavy atom. The third-order valence-corrected chi connectivity index (χ3v) is 6.02. The molecular weight excluding hydrogens is 417 g/mol. The number of likely N-dealkylation sites (tertiary alicyclic amines) is 1. The Labute approximate surface area is 186 Å². The summed E-state index contributed by atoms with van der Waals surface area (Å²) >= 11 is 5.77. The summed E-state index contributed by atoms with van der Waals surface area (Å²) < 4.78 is 21.3. The van der Waals surface area contributed by atoms with Crippen molar-refractivity contribution in [2.24, 2.45) is 5.92 Å². The van der Waals surface area contributed by atoms with E-state index in [2.05, 4.69) is 4.98 Å². The highest BCUT2D eigenvalue weighted by Crippen LogP contribution is 2.29. The molecule has 4 rings (SSSR count). The Hall–Kier alpha value is -2.86. The lowest BCUT2D eigenvalue weighted by Crippen LogP contribution is -2.41. The Bertz CT molecular complexity index is 1100. The molecule has 0 aliphatic carbocycles. The number of methoxy groups -OCH3 is 1. The molecule has 1 unspecified atom stereocenters. The average Bonchev–Trinajstić information content (AvgIpc) is 3.19. The molecule has 2 aromatic carbocycles. The van der Waals surface area contributed by atoms with E-state index in [9.17, 15) is 9.18 Å². The molecule has 1 atom stereocenters. The van der Waals surface area contributed by atoms with Gasteiger partial charge in [-0.05, 0) is 61.6 Å². The monoisotopic (exact) mass is 441 g/mol. The second-order valence-corrected chi connectivity index (χ2v) is 8.39. The minimum atomic E-state index is -0.458. The molecule has 0 N–H and O–H groups in total. The minimum absolute atomic E-state index is 0.0924. The van der Waals surface area contributed by atoms with Gasteiger partial charge in [-0.2, -0.15) is 0 Å². The van der Waals surface area contributed by atoms with Gasteiger partial charge in [0.2, 0.25) is 5.91 Å². The number of carbonyl (C=O) groups excluding carboxylic acids is 1.